The summed E-state index contributed by atoms with van der Waals surface area (Å²) in [7, 11) is 0. The van der Waals surface area contributed by atoms with Gasteiger partial charge in [0, 0.05) is 23.2 Å². The molecule has 0 spiro atoms. The number of anilines is 1. The third-order valence-electron chi connectivity index (χ3n) is 5.21. The van der Waals surface area contributed by atoms with Crippen LogP contribution < -0.4 is 11.0 Å². The number of aromatic nitrogens is 7. The third kappa shape index (κ3) is 5.98. The van der Waals surface area contributed by atoms with Crippen LogP contribution in [-0.4, -0.2) is 57.4 Å². The van der Waals surface area contributed by atoms with E-state index in [2.05, 4.69) is 32.1 Å². The quantitative estimate of drug-likeness (QED) is 0.307. The number of aliphatic hydroxyl groups excluding tert-OH is 1. The van der Waals surface area contributed by atoms with Gasteiger partial charge in [0.25, 0.3) is 0 Å². The number of halogens is 4. The molecule has 0 aliphatic carbocycles. The number of carbonyl (C=O) groups is 1. The predicted molar refractivity (Wildman–Crippen MR) is 131 cm³/mol. The minimum Gasteiger partial charge on any atom is -0.382 e. The van der Waals surface area contributed by atoms with E-state index in [4.69, 9.17) is 11.6 Å². The van der Waals surface area contributed by atoms with Gasteiger partial charge in [-0.05, 0) is 36.4 Å². The van der Waals surface area contributed by atoms with Crippen LogP contribution in [0.5, 0.6) is 0 Å². The highest BCUT2D eigenvalue weighted by Gasteiger charge is 2.39. The maximum Gasteiger partial charge on any atom is 0.416 e. The molecule has 0 bridgehead atoms. The normalized spacial score (nSPS) is 12.3. The lowest BCUT2D eigenvalue weighted by atomic mass is 10.2. The van der Waals surface area contributed by atoms with Crippen molar-refractivity contribution in [2.75, 3.05) is 5.32 Å². The van der Waals surface area contributed by atoms with Crippen LogP contribution >= 0.6 is 11.6 Å². The van der Waals surface area contributed by atoms with E-state index >= 15 is 0 Å². The molecule has 11 nitrogen and oxygen atoms in total. The van der Waals surface area contributed by atoms with Crippen molar-refractivity contribution in [1.29, 1.82) is 0 Å². The SMILES string of the molecule is C=CCC(=O)Nc1ncccc1-n1cnc(Cn2nc(-c3ccc(Cl)cc3)n(C[C@H](O)C(F)(F)F)c2=O)n1. The topological polar surface area (TPSA) is 133 Å². The van der Waals surface area contributed by atoms with Crippen molar-refractivity contribution < 1.29 is 23.1 Å². The Morgan fingerprint density at radius 3 is 2.61 bits per heavy atom. The number of nitrogens with zero attached hydrogens (tertiary/aromatic N) is 7. The Bertz CT molecular complexity index is 1510. The molecule has 0 fully saturated rings. The van der Waals surface area contributed by atoms with E-state index in [0.29, 0.717) is 16.3 Å². The lowest BCUT2D eigenvalue weighted by Crippen LogP contribution is -2.37. The van der Waals surface area contributed by atoms with Gasteiger partial charge in [0.1, 0.15) is 18.6 Å². The fourth-order valence-corrected chi connectivity index (χ4v) is 3.54. The first-order valence-corrected chi connectivity index (χ1v) is 11.4. The number of carbonyl (C=O) groups excluding carboxylic acids is 1. The van der Waals surface area contributed by atoms with E-state index in [1.807, 2.05) is 0 Å². The van der Waals surface area contributed by atoms with Crippen molar-refractivity contribution in [3.8, 4) is 17.1 Å². The molecule has 1 atom stereocenters. The van der Waals surface area contributed by atoms with Crippen LogP contribution in [0.1, 0.15) is 12.2 Å². The van der Waals surface area contributed by atoms with Crippen molar-refractivity contribution in [2.45, 2.75) is 31.8 Å². The van der Waals surface area contributed by atoms with Crippen molar-refractivity contribution in [3.63, 3.8) is 0 Å². The molecule has 1 aromatic carbocycles. The van der Waals surface area contributed by atoms with Crippen LogP contribution in [0.15, 0.2) is 66.4 Å². The number of rotatable bonds is 9. The summed E-state index contributed by atoms with van der Waals surface area (Å²) < 4.78 is 42.1. The van der Waals surface area contributed by atoms with Crippen LogP contribution in [0.25, 0.3) is 17.1 Å². The molecule has 3 aromatic heterocycles. The molecular formula is C23H20ClF3N8O3. The smallest absolute Gasteiger partial charge is 0.382 e. The first-order chi connectivity index (χ1) is 18.1. The Hall–Kier alpha value is -4.30. The molecule has 0 aliphatic heterocycles. The highest BCUT2D eigenvalue weighted by Crippen LogP contribution is 2.24. The molecule has 1 amide bonds. The number of pyridine rings is 1. The van der Waals surface area contributed by atoms with Gasteiger partial charge in [0.15, 0.2) is 23.6 Å². The summed E-state index contributed by atoms with van der Waals surface area (Å²) in [4.78, 5) is 33.3. The maximum absolute atomic E-state index is 13.1. The Kier molecular flexibility index (Phi) is 7.73. The first-order valence-electron chi connectivity index (χ1n) is 11.0. The summed E-state index contributed by atoms with van der Waals surface area (Å²) in [5.41, 5.74) is -0.210. The highest BCUT2D eigenvalue weighted by atomic mass is 35.5. The van der Waals surface area contributed by atoms with Gasteiger partial charge in [-0.15, -0.1) is 16.8 Å². The van der Waals surface area contributed by atoms with Gasteiger partial charge < -0.3 is 10.4 Å². The van der Waals surface area contributed by atoms with Crippen molar-refractivity contribution in [2.24, 2.45) is 0 Å². The molecule has 3 heterocycles. The molecule has 0 unspecified atom stereocenters. The summed E-state index contributed by atoms with van der Waals surface area (Å²) in [5.74, 6) is -0.131. The molecule has 0 aliphatic rings. The summed E-state index contributed by atoms with van der Waals surface area (Å²) in [5, 5.41) is 21.1. The van der Waals surface area contributed by atoms with Gasteiger partial charge in [-0.3, -0.25) is 9.36 Å². The third-order valence-corrected chi connectivity index (χ3v) is 5.46. The zero-order valence-electron chi connectivity index (χ0n) is 19.5. The Balaban J connectivity index is 1.66. The number of benzene rings is 1. The van der Waals surface area contributed by atoms with Crippen LogP contribution in [0, 0.1) is 0 Å². The number of aliphatic hydroxyl groups is 1. The van der Waals surface area contributed by atoms with E-state index in [0.717, 1.165) is 9.25 Å². The Morgan fingerprint density at radius 1 is 1.18 bits per heavy atom. The van der Waals surface area contributed by atoms with Gasteiger partial charge in [-0.1, -0.05) is 17.7 Å². The second-order valence-electron chi connectivity index (χ2n) is 7.96. The van der Waals surface area contributed by atoms with Gasteiger partial charge in [0.05, 0.1) is 6.54 Å². The summed E-state index contributed by atoms with van der Waals surface area (Å²) in [6, 6.07) is 9.22. The first kappa shape index (κ1) is 26.8. The molecule has 0 saturated carbocycles. The lowest BCUT2D eigenvalue weighted by molar-refractivity contribution is -0.207. The zero-order valence-corrected chi connectivity index (χ0v) is 20.3. The maximum atomic E-state index is 13.1. The largest absolute Gasteiger partial charge is 0.416 e. The van der Waals surface area contributed by atoms with Crippen LogP contribution in [0.2, 0.25) is 5.02 Å². The van der Waals surface area contributed by atoms with Gasteiger partial charge >= 0.3 is 11.9 Å². The highest BCUT2D eigenvalue weighted by molar-refractivity contribution is 6.30. The Morgan fingerprint density at radius 2 is 1.92 bits per heavy atom. The van der Waals surface area contributed by atoms with E-state index in [1.54, 1.807) is 12.1 Å². The van der Waals surface area contributed by atoms with Crippen LogP contribution in [0.4, 0.5) is 19.0 Å². The van der Waals surface area contributed by atoms with E-state index in [1.165, 1.54) is 47.5 Å². The van der Waals surface area contributed by atoms with Gasteiger partial charge in [-0.2, -0.15) is 13.2 Å². The second-order valence-corrected chi connectivity index (χ2v) is 8.39. The molecule has 198 valence electrons. The number of amides is 1. The molecule has 15 heteroatoms. The van der Waals surface area contributed by atoms with Gasteiger partial charge in [0.2, 0.25) is 5.91 Å². The number of alkyl halides is 3. The summed E-state index contributed by atoms with van der Waals surface area (Å²) in [6.45, 7) is 2.16. The molecule has 4 aromatic rings. The number of hydrogen-bond acceptors (Lipinski definition) is 7. The summed E-state index contributed by atoms with van der Waals surface area (Å²) >= 11 is 5.90. The Labute approximate surface area is 217 Å². The molecule has 2 N–H and O–H groups in total. The second kappa shape index (κ2) is 11.0. The van der Waals surface area contributed by atoms with Crippen LogP contribution in [0.3, 0.4) is 0 Å². The van der Waals surface area contributed by atoms with Gasteiger partial charge in [-0.25, -0.2) is 24.1 Å². The van der Waals surface area contributed by atoms with Crippen molar-refractivity contribution >= 4 is 23.3 Å². The average Bonchev–Trinajstić information content (AvgIpc) is 3.45. The van der Waals surface area contributed by atoms with E-state index in [9.17, 15) is 27.9 Å². The van der Waals surface area contributed by atoms with Crippen molar-refractivity contribution in [1.82, 2.24) is 34.1 Å². The fraction of sp³-hybridized carbons (Fsp3) is 0.217. The lowest BCUT2D eigenvalue weighted by Gasteiger charge is -2.15. The van der Waals surface area contributed by atoms with Crippen molar-refractivity contribution in [3.05, 3.63) is 82.9 Å². The van der Waals surface area contributed by atoms with Crippen LogP contribution in [-0.2, 0) is 17.9 Å². The predicted octanol–water partition coefficient (Wildman–Crippen LogP) is 2.83. The molecule has 4 rings (SSSR count). The monoisotopic (exact) mass is 548 g/mol. The average molecular weight is 549 g/mol. The number of nitrogens with one attached hydrogen (secondary N) is 1. The summed E-state index contributed by atoms with van der Waals surface area (Å²) in [6.07, 6.45) is -3.42. The van der Waals surface area contributed by atoms with E-state index in [-0.39, 0.29) is 36.3 Å². The minimum absolute atomic E-state index is 0.0726. The molecular weight excluding hydrogens is 529 g/mol. The molecule has 0 radical (unpaired) electrons. The fourth-order valence-electron chi connectivity index (χ4n) is 3.41. The minimum atomic E-state index is -4.94. The number of hydrogen-bond donors (Lipinski definition) is 2. The molecule has 38 heavy (non-hydrogen) atoms. The standard InChI is InChI=1S/C23H20ClF3N8O3/c1-2-4-19(37)30-20-16(5-3-10-28-20)35-13-29-18(31-35)12-34-22(38)33(11-17(36)23(25,26)27)21(32-34)14-6-8-15(24)9-7-14/h2-3,5-10,13,17,36H,1,4,11-12H2,(H,28,30,37)/t17-/m0/s1. The van der Waals surface area contributed by atoms with E-state index < -0.39 is 24.5 Å². The zero-order chi connectivity index (χ0) is 27.4. The molecule has 0 saturated heterocycles.